The lowest BCUT2D eigenvalue weighted by Gasteiger charge is -2.13. The van der Waals surface area contributed by atoms with Gasteiger partial charge in [0.1, 0.15) is 30.5 Å². The van der Waals surface area contributed by atoms with Gasteiger partial charge in [-0.05, 0) is 48.9 Å². The quantitative estimate of drug-likeness (QED) is 0.271. The molecule has 0 heterocycles. The second kappa shape index (κ2) is 12.0. The Kier molecular flexibility index (Phi) is 8.45. The van der Waals surface area contributed by atoms with Gasteiger partial charge in [0.05, 0.1) is 6.21 Å². The highest BCUT2D eigenvalue weighted by Crippen LogP contribution is 2.20. The molecule has 1 amide bonds. The Hall–Kier alpha value is -4.06. The second-order valence-corrected chi connectivity index (χ2v) is 6.88. The van der Waals surface area contributed by atoms with Gasteiger partial charge in [-0.2, -0.15) is 5.10 Å². The maximum atomic E-state index is 12.3. The van der Waals surface area contributed by atoms with Gasteiger partial charge in [0, 0.05) is 5.56 Å². The fourth-order valence-corrected chi connectivity index (χ4v) is 2.74. The van der Waals surface area contributed by atoms with Crippen molar-refractivity contribution in [2.45, 2.75) is 19.6 Å². The van der Waals surface area contributed by atoms with Crippen molar-refractivity contribution < 1.29 is 19.0 Å². The summed E-state index contributed by atoms with van der Waals surface area (Å²) in [5, 5.41) is 4.01. The van der Waals surface area contributed by atoms with Crippen molar-refractivity contribution in [2.24, 2.45) is 5.10 Å². The van der Waals surface area contributed by atoms with Crippen LogP contribution in [0.1, 0.15) is 18.1 Å². The number of nitrogens with one attached hydrogen (secondary N) is 1. The summed E-state index contributed by atoms with van der Waals surface area (Å²) in [5.74, 6) is 1.58. The Bertz CT molecular complexity index is 1030. The minimum Gasteiger partial charge on any atom is -0.489 e. The number of rotatable bonds is 11. The Labute approximate surface area is 188 Å². The van der Waals surface area contributed by atoms with Gasteiger partial charge in [-0.3, -0.25) is 4.79 Å². The summed E-state index contributed by atoms with van der Waals surface area (Å²) in [7, 11) is 0. The number of hydrogen-bond acceptors (Lipinski definition) is 5. The molecule has 32 heavy (non-hydrogen) atoms. The van der Waals surface area contributed by atoms with Crippen LogP contribution in [0.3, 0.4) is 0 Å². The topological polar surface area (TPSA) is 69.2 Å². The van der Waals surface area contributed by atoms with E-state index in [0.717, 1.165) is 16.9 Å². The SMILES string of the molecule is C=CCOc1ccccc1/C=N\NC(=O)C(C)Oc1ccc(OCc2ccccc2)cc1. The third-order valence-corrected chi connectivity index (χ3v) is 4.41. The van der Waals surface area contributed by atoms with Crippen LogP contribution in [0.2, 0.25) is 0 Å². The lowest BCUT2D eigenvalue weighted by molar-refractivity contribution is -0.127. The van der Waals surface area contributed by atoms with E-state index >= 15 is 0 Å². The molecule has 0 aliphatic heterocycles. The molecule has 0 spiro atoms. The van der Waals surface area contributed by atoms with Crippen molar-refractivity contribution in [1.82, 2.24) is 5.43 Å². The zero-order valence-electron chi connectivity index (χ0n) is 17.9. The van der Waals surface area contributed by atoms with E-state index in [1.165, 1.54) is 6.21 Å². The van der Waals surface area contributed by atoms with Crippen molar-refractivity contribution in [3.05, 3.63) is 103 Å². The Morgan fingerprint density at radius 1 is 0.969 bits per heavy atom. The average Bonchev–Trinajstić information content (AvgIpc) is 2.83. The molecule has 0 fully saturated rings. The molecule has 6 heteroatoms. The zero-order valence-corrected chi connectivity index (χ0v) is 17.9. The van der Waals surface area contributed by atoms with Gasteiger partial charge in [0.2, 0.25) is 0 Å². The molecule has 0 bridgehead atoms. The van der Waals surface area contributed by atoms with E-state index in [4.69, 9.17) is 14.2 Å². The summed E-state index contributed by atoms with van der Waals surface area (Å²) in [6.07, 6.45) is 2.47. The monoisotopic (exact) mass is 430 g/mol. The maximum absolute atomic E-state index is 12.3. The first-order chi connectivity index (χ1) is 15.7. The summed E-state index contributed by atoms with van der Waals surface area (Å²) in [6, 6.07) is 24.5. The van der Waals surface area contributed by atoms with Crippen LogP contribution in [0.15, 0.2) is 96.6 Å². The molecule has 0 saturated carbocycles. The molecule has 0 aliphatic carbocycles. The lowest BCUT2D eigenvalue weighted by Crippen LogP contribution is -2.33. The minimum absolute atomic E-state index is 0.366. The van der Waals surface area contributed by atoms with Crippen molar-refractivity contribution in [2.75, 3.05) is 6.61 Å². The van der Waals surface area contributed by atoms with Crippen LogP contribution in [-0.2, 0) is 11.4 Å². The molecule has 1 atom stereocenters. The van der Waals surface area contributed by atoms with Gasteiger partial charge in [0.15, 0.2) is 6.10 Å². The highest BCUT2D eigenvalue weighted by Gasteiger charge is 2.14. The fourth-order valence-electron chi connectivity index (χ4n) is 2.74. The van der Waals surface area contributed by atoms with Gasteiger partial charge in [-0.15, -0.1) is 0 Å². The van der Waals surface area contributed by atoms with E-state index in [-0.39, 0.29) is 5.91 Å². The van der Waals surface area contributed by atoms with E-state index in [0.29, 0.717) is 24.7 Å². The van der Waals surface area contributed by atoms with Crippen molar-refractivity contribution in [3.8, 4) is 17.2 Å². The average molecular weight is 431 g/mol. The first-order valence-electron chi connectivity index (χ1n) is 10.2. The fraction of sp³-hybridized carbons (Fsp3) is 0.154. The molecule has 3 rings (SSSR count). The summed E-state index contributed by atoms with van der Waals surface area (Å²) >= 11 is 0. The van der Waals surface area contributed by atoms with Crippen molar-refractivity contribution in [3.63, 3.8) is 0 Å². The highest BCUT2D eigenvalue weighted by atomic mass is 16.5. The molecule has 0 saturated heterocycles. The highest BCUT2D eigenvalue weighted by molar-refractivity contribution is 5.86. The first kappa shape index (κ1) is 22.6. The number of carbonyl (C=O) groups excluding carboxylic acids is 1. The van der Waals surface area contributed by atoms with Gasteiger partial charge >= 0.3 is 0 Å². The van der Waals surface area contributed by atoms with Gasteiger partial charge < -0.3 is 14.2 Å². The minimum atomic E-state index is -0.726. The number of ether oxygens (including phenoxy) is 3. The smallest absolute Gasteiger partial charge is 0.280 e. The molecule has 3 aromatic carbocycles. The second-order valence-electron chi connectivity index (χ2n) is 6.88. The van der Waals surface area contributed by atoms with Crippen LogP contribution < -0.4 is 19.6 Å². The van der Waals surface area contributed by atoms with E-state index in [9.17, 15) is 4.79 Å². The predicted molar refractivity (Wildman–Crippen MR) is 125 cm³/mol. The number of amides is 1. The molecule has 1 unspecified atom stereocenters. The van der Waals surface area contributed by atoms with Crippen LogP contribution in [0, 0.1) is 0 Å². The first-order valence-corrected chi connectivity index (χ1v) is 10.2. The van der Waals surface area contributed by atoms with Crippen LogP contribution in [-0.4, -0.2) is 24.8 Å². The number of benzene rings is 3. The maximum Gasteiger partial charge on any atom is 0.280 e. The van der Waals surface area contributed by atoms with E-state index in [2.05, 4.69) is 17.1 Å². The van der Waals surface area contributed by atoms with Gasteiger partial charge in [-0.1, -0.05) is 55.1 Å². The number of hydrazone groups is 1. The molecule has 0 aliphatic rings. The lowest BCUT2D eigenvalue weighted by atomic mass is 10.2. The standard InChI is InChI=1S/C26H26N2O4/c1-3-17-30-25-12-8-7-11-22(25)18-27-28-26(29)20(2)32-24-15-13-23(14-16-24)31-19-21-9-5-4-6-10-21/h3-16,18,20H,1,17,19H2,2H3,(H,28,29)/b27-18-. The number of hydrogen-bond donors (Lipinski definition) is 1. The number of carbonyl (C=O) groups is 1. The zero-order chi connectivity index (χ0) is 22.6. The largest absolute Gasteiger partial charge is 0.489 e. The van der Waals surface area contributed by atoms with Crippen LogP contribution in [0.4, 0.5) is 0 Å². The van der Waals surface area contributed by atoms with Gasteiger partial charge in [0.25, 0.3) is 5.91 Å². The molecular weight excluding hydrogens is 404 g/mol. The summed E-state index contributed by atoms with van der Waals surface area (Å²) in [5.41, 5.74) is 4.33. The normalized spacial score (nSPS) is 11.5. The van der Waals surface area contributed by atoms with E-state index in [1.807, 2.05) is 54.6 Å². The van der Waals surface area contributed by atoms with E-state index < -0.39 is 6.10 Å². The summed E-state index contributed by atoms with van der Waals surface area (Å²) in [6.45, 7) is 6.17. The van der Waals surface area contributed by atoms with Crippen LogP contribution in [0.5, 0.6) is 17.2 Å². The molecule has 164 valence electrons. The number of para-hydroxylation sites is 1. The van der Waals surface area contributed by atoms with Crippen LogP contribution in [0.25, 0.3) is 0 Å². The molecule has 0 aromatic heterocycles. The van der Waals surface area contributed by atoms with Gasteiger partial charge in [-0.25, -0.2) is 5.43 Å². The summed E-state index contributed by atoms with van der Waals surface area (Å²) in [4.78, 5) is 12.3. The molecule has 0 radical (unpaired) electrons. The summed E-state index contributed by atoms with van der Waals surface area (Å²) < 4.78 is 17.0. The Morgan fingerprint density at radius 3 is 2.41 bits per heavy atom. The van der Waals surface area contributed by atoms with E-state index in [1.54, 1.807) is 37.3 Å². The number of nitrogens with zero attached hydrogens (tertiary/aromatic N) is 1. The van der Waals surface area contributed by atoms with Crippen molar-refractivity contribution >= 4 is 12.1 Å². The van der Waals surface area contributed by atoms with Crippen LogP contribution >= 0.6 is 0 Å². The molecule has 6 nitrogen and oxygen atoms in total. The molecule has 3 aromatic rings. The molecular formula is C26H26N2O4. The van der Waals surface area contributed by atoms with Crippen molar-refractivity contribution in [1.29, 1.82) is 0 Å². The molecule has 1 N–H and O–H groups in total. The predicted octanol–water partition coefficient (Wildman–Crippen LogP) is 4.75. The Balaban J connectivity index is 1.48. The third-order valence-electron chi connectivity index (χ3n) is 4.41. The Morgan fingerprint density at radius 2 is 1.66 bits per heavy atom. The third kappa shape index (κ3) is 7.02.